The molecule has 0 aromatic heterocycles. The van der Waals surface area contributed by atoms with Gasteiger partial charge in [0.2, 0.25) is 0 Å². The minimum absolute atomic E-state index is 0. The number of rotatable bonds is 13. The Morgan fingerprint density at radius 1 is 0.824 bits per heavy atom. The quantitative estimate of drug-likeness (QED) is 0.400. The molecule has 0 saturated carbocycles. The highest BCUT2D eigenvalue weighted by molar-refractivity contribution is 5.85. The molecule has 0 aromatic rings. The largest absolute Gasteiger partial charge is 0.310 e. The van der Waals surface area contributed by atoms with Gasteiger partial charge in [-0.2, -0.15) is 0 Å². The SMILES string of the molecule is CCCCCCCCCCCCNCC=O.Cl. The first-order chi connectivity index (χ1) is 7.91. The maximum Gasteiger partial charge on any atom is 0.133 e. The molecule has 17 heavy (non-hydrogen) atoms. The first-order valence-electron chi connectivity index (χ1n) is 7.06. The maximum atomic E-state index is 10.0. The molecule has 0 atom stereocenters. The van der Waals surface area contributed by atoms with E-state index in [-0.39, 0.29) is 12.4 Å². The lowest BCUT2D eigenvalue weighted by molar-refractivity contribution is -0.107. The fraction of sp³-hybridized carbons (Fsp3) is 0.929. The van der Waals surface area contributed by atoms with E-state index in [2.05, 4.69) is 12.2 Å². The second kappa shape index (κ2) is 18.3. The number of carbonyl (C=O) groups excluding carboxylic acids is 1. The van der Waals surface area contributed by atoms with Crippen molar-refractivity contribution in [1.82, 2.24) is 5.32 Å². The molecule has 0 rings (SSSR count). The molecule has 2 nitrogen and oxygen atoms in total. The van der Waals surface area contributed by atoms with Gasteiger partial charge in [-0.05, 0) is 13.0 Å². The van der Waals surface area contributed by atoms with Gasteiger partial charge in [0, 0.05) is 0 Å². The molecule has 0 aliphatic rings. The van der Waals surface area contributed by atoms with E-state index in [1.807, 2.05) is 0 Å². The summed E-state index contributed by atoms with van der Waals surface area (Å²) in [5.74, 6) is 0. The van der Waals surface area contributed by atoms with Crippen LogP contribution in [-0.4, -0.2) is 19.4 Å². The second-order valence-electron chi connectivity index (χ2n) is 4.55. The summed E-state index contributed by atoms with van der Waals surface area (Å²) in [6.45, 7) is 3.77. The molecule has 0 radical (unpaired) electrons. The molecule has 0 spiro atoms. The van der Waals surface area contributed by atoms with Gasteiger partial charge in [-0.1, -0.05) is 64.7 Å². The van der Waals surface area contributed by atoms with Crippen molar-refractivity contribution < 1.29 is 4.79 Å². The number of unbranched alkanes of at least 4 members (excludes halogenated alkanes) is 9. The first-order valence-corrected chi connectivity index (χ1v) is 7.06. The van der Waals surface area contributed by atoms with Crippen LogP contribution in [0.5, 0.6) is 0 Å². The molecule has 0 aliphatic heterocycles. The maximum absolute atomic E-state index is 10.0. The van der Waals surface area contributed by atoms with E-state index >= 15 is 0 Å². The molecule has 0 unspecified atom stereocenters. The molecule has 104 valence electrons. The van der Waals surface area contributed by atoms with Gasteiger partial charge in [0.15, 0.2) is 0 Å². The summed E-state index contributed by atoms with van der Waals surface area (Å²) >= 11 is 0. The average Bonchev–Trinajstić information content (AvgIpc) is 2.31. The molecule has 0 saturated heterocycles. The zero-order chi connectivity index (χ0) is 11.9. The molecular formula is C14H30ClNO. The fourth-order valence-corrected chi connectivity index (χ4v) is 1.90. The van der Waals surface area contributed by atoms with Gasteiger partial charge in [0.25, 0.3) is 0 Å². The fourth-order valence-electron chi connectivity index (χ4n) is 1.90. The van der Waals surface area contributed by atoms with Crippen molar-refractivity contribution in [3.63, 3.8) is 0 Å². The zero-order valence-electron chi connectivity index (χ0n) is 11.4. The molecule has 0 aliphatic carbocycles. The van der Waals surface area contributed by atoms with Crippen LogP contribution in [0.3, 0.4) is 0 Å². The highest BCUT2D eigenvalue weighted by atomic mass is 35.5. The summed E-state index contributed by atoms with van der Waals surface area (Å²) in [6, 6.07) is 0. The van der Waals surface area contributed by atoms with Crippen LogP contribution >= 0.6 is 12.4 Å². The minimum Gasteiger partial charge on any atom is -0.310 e. The molecule has 0 amide bonds. The summed E-state index contributed by atoms with van der Waals surface area (Å²) in [5, 5.41) is 3.09. The number of hydrogen-bond donors (Lipinski definition) is 1. The minimum atomic E-state index is 0. The van der Waals surface area contributed by atoms with E-state index in [1.54, 1.807) is 0 Å². The summed E-state index contributed by atoms with van der Waals surface area (Å²) in [7, 11) is 0. The van der Waals surface area contributed by atoms with Gasteiger partial charge in [-0.25, -0.2) is 0 Å². The Balaban J connectivity index is 0. The lowest BCUT2D eigenvalue weighted by Gasteiger charge is -2.02. The van der Waals surface area contributed by atoms with E-state index in [0.29, 0.717) is 6.54 Å². The normalized spacial score (nSPS) is 9.94. The van der Waals surface area contributed by atoms with Gasteiger partial charge in [-0.3, -0.25) is 0 Å². The first kappa shape index (κ1) is 19.3. The van der Waals surface area contributed by atoms with Crippen molar-refractivity contribution in [3.8, 4) is 0 Å². The summed E-state index contributed by atoms with van der Waals surface area (Å²) < 4.78 is 0. The standard InChI is InChI=1S/C14H29NO.ClH/c1-2-3-4-5-6-7-8-9-10-11-12-15-13-14-16;/h14-15H,2-13H2,1H3;1H. The van der Waals surface area contributed by atoms with E-state index in [1.165, 1.54) is 64.2 Å². The van der Waals surface area contributed by atoms with Crippen LogP contribution in [-0.2, 0) is 4.79 Å². The number of halogens is 1. The Morgan fingerprint density at radius 3 is 1.76 bits per heavy atom. The van der Waals surface area contributed by atoms with E-state index in [0.717, 1.165) is 12.8 Å². The van der Waals surface area contributed by atoms with Gasteiger partial charge < -0.3 is 10.1 Å². The number of carbonyl (C=O) groups is 1. The third-order valence-electron chi connectivity index (χ3n) is 2.93. The Bertz CT molecular complexity index is 142. The van der Waals surface area contributed by atoms with Crippen molar-refractivity contribution in [2.24, 2.45) is 0 Å². The van der Waals surface area contributed by atoms with E-state index in [9.17, 15) is 4.79 Å². The van der Waals surface area contributed by atoms with Crippen molar-refractivity contribution >= 4 is 18.7 Å². The van der Waals surface area contributed by atoms with Crippen molar-refractivity contribution in [1.29, 1.82) is 0 Å². The predicted octanol–water partition coefficient (Wildman–Crippen LogP) is 4.12. The lowest BCUT2D eigenvalue weighted by Crippen LogP contribution is -2.17. The van der Waals surface area contributed by atoms with Crippen molar-refractivity contribution in [3.05, 3.63) is 0 Å². The Hall–Kier alpha value is -0.0800. The van der Waals surface area contributed by atoms with Crippen LogP contribution in [0.1, 0.15) is 71.1 Å². The summed E-state index contributed by atoms with van der Waals surface area (Å²) in [5.41, 5.74) is 0. The molecular weight excluding hydrogens is 234 g/mol. The molecule has 0 bridgehead atoms. The van der Waals surface area contributed by atoms with Gasteiger partial charge in [-0.15, -0.1) is 12.4 Å². The Kier molecular flexibility index (Phi) is 20.7. The van der Waals surface area contributed by atoms with E-state index < -0.39 is 0 Å². The average molecular weight is 264 g/mol. The third kappa shape index (κ3) is 18.5. The van der Waals surface area contributed by atoms with Crippen LogP contribution < -0.4 is 5.32 Å². The van der Waals surface area contributed by atoms with Gasteiger partial charge in [0.1, 0.15) is 6.29 Å². The van der Waals surface area contributed by atoms with Crippen molar-refractivity contribution in [2.45, 2.75) is 71.1 Å². The highest BCUT2D eigenvalue weighted by Crippen LogP contribution is 2.10. The van der Waals surface area contributed by atoms with Crippen LogP contribution in [0.15, 0.2) is 0 Å². The Morgan fingerprint density at radius 2 is 1.29 bits per heavy atom. The van der Waals surface area contributed by atoms with Crippen LogP contribution in [0.2, 0.25) is 0 Å². The van der Waals surface area contributed by atoms with E-state index in [4.69, 9.17) is 0 Å². The molecule has 0 heterocycles. The number of nitrogens with one attached hydrogen (secondary N) is 1. The predicted molar refractivity (Wildman–Crippen MR) is 78.0 cm³/mol. The zero-order valence-corrected chi connectivity index (χ0v) is 12.2. The van der Waals surface area contributed by atoms with Gasteiger partial charge in [0.05, 0.1) is 6.54 Å². The monoisotopic (exact) mass is 263 g/mol. The topological polar surface area (TPSA) is 29.1 Å². The smallest absolute Gasteiger partial charge is 0.133 e. The third-order valence-corrected chi connectivity index (χ3v) is 2.93. The van der Waals surface area contributed by atoms with Crippen molar-refractivity contribution in [2.75, 3.05) is 13.1 Å². The Labute approximate surface area is 113 Å². The molecule has 1 N–H and O–H groups in total. The molecule has 0 fully saturated rings. The molecule has 3 heteroatoms. The molecule has 0 aromatic carbocycles. The highest BCUT2D eigenvalue weighted by Gasteiger charge is 1.92. The van der Waals surface area contributed by atoms with Crippen LogP contribution in [0.25, 0.3) is 0 Å². The number of hydrogen-bond acceptors (Lipinski definition) is 2. The second-order valence-corrected chi connectivity index (χ2v) is 4.55. The summed E-state index contributed by atoms with van der Waals surface area (Å²) in [4.78, 5) is 10.0. The lowest BCUT2D eigenvalue weighted by atomic mass is 10.1. The van der Waals surface area contributed by atoms with Gasteiger partial charge >= 0.3 is 0 Å². The van der Waals surface area contributed by atoms with Crippen LogP contribution in [0.4, 0.5) is 0 Å². The number of aldehydes is 1. The van der Waals surface area contributed by atoms with Crippen LogP contribution in [0, 0.1) is 0 Å². The summed E-state index contributed by atoms with van der Waals surface area (Å²) in [6.07, 6.45) is 14.6.